The lowest BCUT2D eigenvalue weighted by atomic mass is 9.97. The van der Waals surface area contributed by atoms with Crippen molar-refractivity contribution in [2.45, 2.75) is 25.4 Å². The quantitative estimate of drug-likeness (QED) is 0.601. The number of nitrogens with zero attached hydrogens (tertiary/aromatic N) is 1. The highest BCUT2D eigenvalue weighted by atomic mass is 19.1. The van der Waals surface area contributed by atoms with Crippen molar-refractivity contribution in [2.24, 2.45) is 0 Å². The second-order valence-corrected chi connectivity index (χ2v) is 7.85. The molecule has 2 N–H and O–H groups in total. The van der Waals surface area contributed by atoms with E-state index in [0.29, 0.717) is 6.54 Å². The van der Waals surface area contributed by atoms with E-state index < -0.39 is 11.8 Å². The molecule has 1 fully saturated rings. The van der Waals surface area contributed by atoms with Crippen LogP contribution in [0.2, 0.25) is 0 Å². The molecule has 1 aliphatic rings. The van der Waals surface area contributed by atoms with E-state index >= 15 is 0 Å². The summed E-state index contributed by atoms with van der Waals surface area (Å²) >= 11 is 0. The van der Waals surface area contributed by atoms with Crippen molar-refractivity contribution in [1.29, 1.82) is 0 Å². The standard InChI is InChI=1S/C25H26FN3O2/c26-20-12-10-18(11-13-20)16-27-24(30)25(31)28-17-23(29-14-3-4-15-29)22-9-5-7-19-6-1-2-8-21(19)22/h1-2,5-13,23H,3-4,14-17H2,(H,27,30)(H,28,31). The number of likely N-dealkylation sites (tertiary alicyclic amines) is 1. The molecule has 1 atom stereocenters. The topological polar surface area (TPSA) is 61.4 Å². The number of carbonyl (C=O) groups is 2. The van der Waals surface area contributed by atoms with Crippen molar-refractivity contribution < 1.29 is 14.0 Å². The average Bonchev–Trinajstić information content (AvgIpc) is 3.33. The van der Waals surface area contributed by atoms with Crippen molar-refractivity contribution in [2.75, 3.05) is 19.6 Å². The van der Waals surface area contributed by atoms with Gasteiger partial charge in [-0.25, -0.2) is 4.39 Å². The van der Waals surface area contributed by atoms with E-state index in [0.717, 1.165) is 47.8 Å². The fourth-order valence-electron chi connectivity index (χ4n) is 4.16. The molecular formula is C25H26FN3O2. The average molecular weight is 420 g/mol. The number of hydrogen-bond donors (Lipinski definition) is 2. The monoisotopic (exact) mass is 419 g/mol. The Kier molecular flexibility index (Phi) is 6.57. The molecule has 3 aromatic carbocycles. The SMILES string of the molecule is O=C(NCc1ccc(F)cc1)C(=O)NCC(c1cccc2ccccc12)N1CCCC1. The molecule has 5 nitrogen and oxygen atoms in total. The normalized spacial score (nSPS) is 15.0. The summed E-state index contributed by atoms with van der Waals surface area (Å²) in [6.07, 6.45) is 2.26. The molecule has 0 aromatic heterocycles. The Balaban J connectivity index is 1.43. The first-order valence-electron chi connectivity index (χ1n) is 10.6. The molecule has 0 radical (unpaired) electrons. The molecule has 31 heavy (non-hydrogen) atoms. The number of carbonyl (C=O) groups excluding carboxylic acids is 2. The van der Waals surface area contributed by atoms with Gasteiger partial charge >= 0.3 is 11.8 Å². The highest BCUT2D eigenvalue weighted by Gasteiger charge is 2.26. The third kappa shape index (κ3) is 5.09. The Morgan fingerprint density at radius 2 is 1.55 bits per heavy atom. The van der Waals surface area contributed by atoms with Crippen molar-refractivity contribution in [1.82, 2.24) is 15.5 Å². The van der Waals surface area contributed by atoms with Gasteiger partial charge in [0.15, 0.2) is 0 Å². The summed E-state index contributed by atoms with van der Waals surface area (Å²) in [5, 5.41) is 7.73. The first kappa shape index (κ1) is 21.0. The molecule has 160 valence electrons. The Morgan fingerprint density at radius 1 is 0.871 bits per heavy atom. The van der Waals surface area contributed by atoms with Gasteiger partial charge in [-0.1, -0.05) is 54.6 Å². The maximum absolute atomic E-state index is 13.0. The molecular weight excluding hydrogens is 393 g/mol. The summed E-state index contributed by atoms with van der Waals surface area (Å²) in [6.45, 7) is 2.48. The fourth-order valence-corrected chi connectivity index (χ4v) is 4.16. The van der Waals surface area contributed by atoms with Gasteiger partial charge in [0.2, 0.25) is 0 Å². The van der Waals surface area contributed by atoms with Gasteiger partial charge in [-0.3, -0.25) is 14.5 Å². The van der Waals surface area contributed by atoms with Gasteiger partial charge < -0.3 is 10.6 Å². The minimum atomic E-state index is -0.692. The maximum Gasteiger partial charge on any atom is 0.309 e. The number of amides is 2. The second-order valence-electron chi connectivity index (χ2n) is 7.85. The Hall–Kier alpha value is -3.25. The first-order valence-corrected chi connectivity index (χ1v) is 10.6. The van der Waals surface area contributed by atoms with E-state index in [1.165, 1.54) is 12.1 Å². The predicted octanol–water partition coefficient (Wildman–Crippen LogP) is 3.55. The molecule has 6 heteroatoms. The number of rotatable bonds is 6. The van der Waals surface area contributed by atoms with Crippen LogP contribution in [0.15, 0.2) is 66.7 Å². The van der Waals surface area contributed by atoms with Crippen molar-refractivity contribution in [3.05, 3.63) is 83.7 Å². The maximum atomic E-state index is 13.0. The lowest BCUT2D eigenvalue weighted by Gasteiger charge is -2.29. The third-order valence-electron chi connectivity index (χ3n) is 5.79. The third-order valence-corrected chi connectivity index (χ3v) is 5.79. The molecule has 0 bridgehead atoms. The second kappa shape index (κ2) is 9.71. The number of halogens is 1. The number of hydrogen-bond acceptors (Lipinski definition) is 3. The van der Waals surface area contributed by atoms with Gasteiger partial charge in [-0.2, -0.15) is 0 Å². The molecule has 0 saturated carbocycles. The zero-order chi connectivity index (χ0) is 21.6. The molecule has 0 aliphatic carbocycles. The summed E-state index contributed by atoms with van der Waals surface area (Å²) < 4.78 is 13.0. The molecule has 4 rings (SSSR count). The highest BCUT2D eigenvalue weighted by Crippen LogP contribution is 2.30. The minimum Gasteiger partial charge on any atom is -0.346 e. The first-order chi connectivity index (χ1) is 15.1. The van der Waals surface area contributed by atoms with E-state index in [9.17, 15) is 14.0 Å². The van der Waals surface area contributed by atoms with Gasteiger partial charge in [-0.15, -0.1) is 0 Å². The van der Waals surface area contributed by atoms with E-state index in [1.54, 1.807) is 12.1 Å². The molecule has 3 aromatic rings. The van der Waals surface area contributed by atoms with Gasteiger partial charge in [0.05, 0.1) is 6.04 Å². The van der Waals surface area contributed by atoms with Crippen LogP contribution >= 0.6 is 0 Å². The van der Waals surface area contributed by atoms with Crippen LogP contribution in [0.3, 0.4) is 0 Å². The van der Waals surface area contributed by atoms with E-state index in [1.807, 2.05) is 18.2 Å². The lowest BCUT2D eigenvalue weighted by molar-refractivity contribution is -0.139. The van der Waals surface area contributed by atoms with E-state index in [4.69, 9.17) is 0 Å². The van der Waals surface area contributed by atoms with Crippen molar-refractivity contribution in [3.8, 4) is 0 Å². The Labute approximate surface area is 181 Å². The lowest BCUT2D eigenvalue weighted by Crippen LogP contribution is -2.43. The molecule has 1 heterocycles. The number of nitrogens with one attached hydrogen (secondary N) is 2. The molecule has 1 aliphatic heterocycles. The van der Waals surface area contributed by atoms with Crippen LogP contribution in [0.25, 0.3) is 10.8 Å². The smallest absolute Gasteiger partial charge is 0.309 e. The van der Waals surface area contributed by atoms with Gasteiger partial charge in [0, 0.05) is 13.1 Å². The van der Waals surface area contributed by atoms with Crippen LogP contribution in [0, 0.1) is 5.82 Å². The van der Waals surface area contributed by atoms with Crippen LogP contribution in [-0.4, -0.2) is 36.3 Å². The van der Waals surface area contributed by atoms with Crippen LogP contribution < -0.4 is 10.6 Å². The number of fused-ring (bicyclic) bond motifs is 1. The molecule has 1 saturated heterocycles. The minimum absolute atomic E-state index is 0.00227. The highest BCUT2D eigenvalue weighted by molar-refractivity contribution is 6.35. The van der Waals surface area contributed by atoms with Crippen molar-refractivity contribution >= 4 is 22.6 Å². The fraction of sp³-hybridized carbons (Fsp3) is 0.280. The summed E-state index contributed by atoms with van der Waals surface area (Å²) in [5.74, 6) is -1.69. The van der Waals surface area contributed by atoms with Gasteiger partial charge in [0.1, 0.15) is 5.82 Å². The summed E-state index contributed by atoms with van der Waals surface area (Å²) in [7, 11) is 0. The van der Waals surface area contributed by atoms with E-state index in [-0.39, 0.29) is 18.4 Å². The van der Waals surface area contributed by atoms with Crippen molar-refractivity contribution in [3.63, 3.8) is 0 Å². The molecule has 2 amide bonds. The molecule has 1 unspecified atom stereocenters. The predicted molar refractivity (Wildman–Crippen MR) is 119 cm³/mol. The summed E-state index contributed by atoms with van der Waals surface area (Å²) in [6, 6.07) is 20.3. The van der Waals surface area contributed by atoms with E-state index in [2.05, 4.69) is 39.8 Å². The Morgan fingerprint density at radius 3 is 2.32 bits per heavy atom. The number of benzene rings is 3. The summed E-state index contributed by atoms with van der Waals surface area (Å²) in [4.78, 5) is 27.1. The zero-order valence-electron chi connectivity index (χ0n) is 17.3. The van der Waals surface area contributed by atoms with Crippen LogP contribution in [0.4, 0.5) is 4.39 Å². The molecule has 0 spiro atoms. The largest absolute Gasteiger partial charge is 0.346 e. The van der Waals surface area contributed by atoms with Crippen LogP contribution in [0.5, 0.6) is 0 Å². The Bertz CT molecular complexity index is 1060. The summed E-state index contributed by atoms with van der Waals surface area (Å²) in [5.41, 5.74) is 1.89. The zero-order valence-corrected chi connectivity index (χ0v) is 17.3. The van der Waals surface area contributed by atoms with Gasteiger partial charge in [0.25, 0.3) is 0 Å². The van der Waals surface area contributed by atoms with Crippen LogP contribution in [0.1, 0.15) is 30.0 Å². The van der Waals surface area contributed by atoms with Crippen LogP contribution in [-0.2, 0) is 16.1 Å². The van der Waals surface area contributed by atoms with Gasteiger partial charge in [-0.05, 0) is 60.0 Å².